The maximum absolute atomic E-state index is 11.2. The number of sulfonamides is 1. The van der Waals surface area contributed by atoms with Crippen LogP contribution >= 0.6 is 22.9 Å². The van der Waals surface area contributed by atoms with E-state index < -0.39 is 10.0 Å². The SMILES string of the molecule is COc1ccc(Nc2nc(-c3ccc(NS(C)(=O)=O)cc3)cs2)cc1Cl. The summed E-state index contributed by atoms with van der Waals surface area (Å²) in [5.74, 6) is 0.611. The lowest BCUT2D eigenvalue weighted by Gasteiger charge is -2.06. The minimum Gasteiger partial charge on any atom is -0.495 e. The van der Waals surface area contributed by atoms with Crippen molar-refractivity contribution in [2.24, 2.45) is 0 Å². The molecule has 9 heteroatoms. The molecule has 0 spiro atoms. The molecule has 0 unspecified atom stereocenters. The summed E-state index contributed by atoms with van der Waals surface area (Å²) < 4.78 is 30.1. The van der Waals surface area contributed by atoms with Gasteiger partial charge in [0.05, 0.1) is 24.1 Å². The lowest BCUT2D eigenvalue weighted by Crippen LogP contribution is -2.09. The van der Waals surface area contributed by atoms with Crippen LogP contribution in [0.15, 0.2) is 47.8 Å². The Hall–Kier alpha value is -2.29. The molecule has 3 aromatic rings. The highest BCUT2D eigenvalue weighted by Gasteiger charge is 2.08. The number of rotatable bonds is 6. The number of nitrogens with zero attached hydrogens (tertiary/aromatic N) is 1. The van der Waals surface area contributed by atoms with E-state index in [2.05, 4.69) is 15.0 Å². The highest BCUT2D eigenvalue weighted by Crippen LogP contribution is 2.31. The third kappa shape index (κ3) is 4.66. The van der Waals surface area contributed by atoms with E-state index in [0.29, 0.717) is 16.5 Å². The minimum absolute atomic E-state index is 0.512. The van der Waals surface area contributed by atoms with Crippen LogP contribution < -0.4 is 14.8 Å². The molecule has 6 nitrogen and oxygen atoms in total. The molecule has 136 valence electrons. The average Bonchev–Trinajstić information content (AvgIpc) is 3.03. The van der Waals surface area contributed by atoms with Crippen LogP contribution in [-0.4, -0.2) is 26.8 Å². The summed E-state index contributed by atoms with van der Waals surface area (Å²) in [7, 11) is -1.72. The summed E-state index contributed by atoms with van der Waals surface area (Å²) in [6.07, 6.45) is 1.12. The van der Waals surface area contributed by atoms with Crippen molar-refractivity contribution >= 4 is 49.5 Å². The van der Waals surface area contributed by atoms with E-state index in [-0.39, 0.29) is 0 Å². The molecule has 0 amide bonds. The number of methoxy groups -OCH3 is 1. The monoisotopic (exact) mass is 409 g/mol. The van der Waals surface area contributed by atoms with E-state index in [4.69, 9.17) is 16.3 Å². The zero-order valence-corrected chi connectivity index (χ0v) is 16.4. The summed E-state index contributed by atoms with van der Waals surface area (Å²) in [4.78, 5) is 4.55. The zero-order chi connectivity index (χ0) is 18.7. The van der Waals surface area contributed by atoms with Crippen LogP contribution in [0.2, 0.25) is 5.02 Å². The van der Waals surface area contributed by atoms with Gasteiger partial charge >= 0.3 is 0 Å². The van der Waals surface area contributed by atoms with Crippen molar-refractivity contribution in [1.82, 2.24) is 4.98 Å². The Kier molecular flexibility index (Phi) is 5.36. The fourth-order valence-electron chi connectivity index (χ4n) is 2.25. The van der Waals surface area contributed by atoms with E-state index in [1.54, 1.807) is 31.4 Å². The van der Waals surface area contributed by atoms with Crippen molar-refractivity contribution in [3.63, 3.8) is 0 Å². The van der Waals surface area contributed by atoms with E-state index in [9.17, 15) is 8.42 Å². The van der Waals surface area contributed by atoms with Gasteiger partial charge in [0.1, 0.15) is 5.75 Å². The van der Waals surface area contributed by atoms with Crippen molar-refractivity contribution in [3.05, 3.63) is 52.9 Å². The van der Waals surface area contributed by atoms with Crippen LogP contribution in [0.4, 0.5) is 16.5 Å². The van der Waals surface area contributed by atoms with Gasteiger partial charge in [0, 0.05) is 22.3 Å². The zero-order valence-electron chi connectivity index (χ0n) is 14.0. The minimum atomic E-state index is -3.29. The molecule has 26 heavy (non-hydrogen) atoms. The first-order valence-corrected chi connectivity index (χ1v) is 10.6. The van der Waals surface area contributed by atoms with Crippen molar-refractivity contribution in [1.29, 1.82) is 0 Å². The second kappa shape index (κ2) is 7.53. The van der Waals surface area contributed by atoms with Crippen molar-refractivity contribution in [3.8, 4) is 17.0 Å². The van der Waals surface area contributed by atoms with Crippen LogP contribution in [0.1, 0.15) is 0 Å². The first-order chi connectivity index (χ1) is 12.3. The maximum atomic E-state index is 11.2. The first kappa shape index (κ1) is 18.5. The van der Waals surface area contributed by atoms with Gasteiger partial charge in [-0.15, -0.1) is 11.3 Å². The number of ether oxygens (including phenoxy) is 1. The van der Waals surface area contributed by atoms with E-state index >= 15 is 0 Å². The molecule has 0 bridgehead atoms. The van der Waals surface area contributed by atoms with E-state index in [0.717, 1.165) is 28.3 Å². The molecular formula is C17H16ClN3O3S2. The van der Waals surface area contributed by atoms with E-state index in [1.807, 2.05) is 23.6 Å². The van der Waals surface area contributed by atoms with Gasteiger partial charge in [0.15, 0.2) is 5.13 Å². The number of nitrogens with one attached hydrogen (secondary N) is 2. The summed E-state index contributed by atoms with van der Waals surface area (Å²) in [5.41, 5.74) is 3.01. The number of benzene rings is 2. The Balaban J connectivity index is 1.74. The Morgan fingerprint density at radius 1 is 1.12 bits per heavy atom. The van der Waals surface area contributed by atoms with Gasteiger partial charge in [-0.25, -0.2) is 13.4 Å². The topological polar surface area (TPSA) is 80.3 Å². The van der Waals surface area contributed by atoms with Crippen molar-refractivity contribution in [2.75, 3.05) is 23.4 Å². The summed E-state index contributed by atoms with van der Waals surface area (Å²) in [6.45, 7) is 0. The number of anilines is 3. The Bertz CT molecular complexity index is 1020. The molecule has 0 radical (unpaired) electrons. The molecule has 0 aliphatic rings. The van der Waals surface area contributed by atoms with Gasteiger partial charge in [0.2, 0.25) is 10.0 Å². The summed E-state index contributed by atoms with van der Waals surface area (Å²) in [6, 6.07) is 12.4. The number of hydrogen-bond acceptors (Lipinski definition) is 6. The van der Waals surface area contributed by atoms with Gasteiger partial charge in [-0.1, -0.05) is 23.7 Å². The molecule has 1 heterocycles. The molecule has 0 aliphatic heterocycles. The molecule has 0 aliphatic carbocycles. The highest BCUT2D eigenvalue weighted by atomic mass is 35.5. The van der Waals surface area contributed by atoms with Crippen LogP contribution in [0.5, 0.6) is 5.75 Å². The number of thiazole rings is 1. The van der Waals surface area contributed by atoms with Gasteiger partial charge in [-0.3, -0.25) is 4.72 Å². The molecule has 0 atom stereocenters. The van der Waals surface area contributed by atoms with Crippen LogP contribution in [-0.2, 0) is 10.0 Å². The second-order valence-corrected chi connectivity index (χ2v) is 8.48. The van der Waals surface area contributed by atoms with Gasteiger partial charge in [-0.05, 0) is 30.3 Å². The lowest BCUT2D eigenvalue weighted by atomic mass is 10.1. The van der Waals surface area contributed by atoms with Gasteiger partial charge in [-0.2, -0.15) is 0 Å². The highest BCUT2D eigenvalue weighted by molar-refractivity contribution is 7.92. The van der Waals surface area contributed by atoms with Gasteiger partial charge < -0.3 is 10.1 Å². The first-order valence-electron chi connectivity index (χ1n) is 7.48. The normalized spacial score (nSPS) is 11.2. The van der Waals surface area contributed by atoms with E-state index in [1.165, 1.54) is 11.3 Å². The predicted octanol–water partition coefficient (Wildman–Crippen LogP) is 4.59. The third-order valence-corrected chi connectivity index (χ3v) is 5.05. The smallest absolute Gasteiger partial charge is 0.229 e. The summed E-state index contributed by atoms with van der Waals surface area (Å²) >= 11 is 7.59. The lowest BCUT2D eigenvalue weighted by molar-refractivity contribution is 0.415. The average molecular weight is 410 g/mol. The Labute approximate surface area is 160 Å². The summed E-state index contributed by atoms with van der Waals surface area (Å²) in [5, 5.41) is 6.37. The molecule has 0 saturated heterocycles. The van der Waals surface area contributed by atoms with Crippen LogP contribution in [0.25, 0.3) is 11.3 Å². The standard InChI is InChI=1S/C17H16ClN3O3S2/c1-24-16-8-7-13(9-14(16)18)19-17-20-15(10-25-17)11-3-5-12(6-4-11)21-26(2,22)23/h3-10,21H,1-2H3,(H,19,20). The quantitative estimate of drug-likeness (QED) is 0.622. The molecule has 0 saturated carbocycles. The molecule has 2 N–H and O–H groups in total. The molecule has 3 rings (SSSR count). The number of aromatic nitrogens is 1. The van der Waals surface area contributed by atoms with Crippen molar-refractivity contribution in [2.45, 2.75) is 0 Å². The molecule has 0 fully saturated rings. The third-order valence-electron chi connectivity index (χ3n) is 3.39. The Morgan fingerprint density at radius 3 is 2.42 bits per heavy atom. The molecular weight excluding hydrogens is 394 g/mol. The maximum Gasteiger partial charge on any atom is 0.229 e. The fraction of sp³-hybridized carbons (Fsp3) is 0.118. The number of hydrogen-bond donors (Lipinski definition) is 2. The molecule has 1 aromatic heterocycles. The van der Waals surface area contributed by atoms with Crippen molar-refractivity contribution < 1.29 is 13.2 Å². The number of halogens is 1. The Morgan fingerprint density at radius 2 is 1.81 bits per heavy atom. The van der Waals surface area contributed by atoms with Crippen LogP contribution in [0.3, 0.4) is 0 Å². The fourth-order valence-corrected chi connectivity index (χ4v) is 3.82. The van der Waals surface area contributed by atoms with Gasteiger partial charge in [0.25, 0.3) is 0 Å². The largest absolute Gasteiger partial charge is 0.495 e. The predicted molar refractivity (Wildman–Crippen MR) is 107 cm³/mol. The van der Waals surface area contributed by atoms with Crippen LogP contribution in [0, 0.1) is 0 Å². The molecule has 2 aromatic carbocycles. The second-order valence-electron chi connectivity index (χ2n) is 5.46.